The van der Waals surface area contributed by atoms with Gasteiger partial charge in [-0.05, 0) is 25.0 Å². The molecule has 4 nitrogen and oxygen atoms in total. The smallest absolute Gasteiger partial charge is 0.312 e. The van der Waals surface area contributed by atoms with E-state index in [0.29, 0.717) is 6.42 Å². The first-order chi connectivity index (χ1) is 9.16. The van der Waals surface area contributed by atoms with Gasteiger partial charge in [0.05, 0.1) is 5.69 Å². The average Bonchev–Trinajstić information content (AvgIpc) is 2.98. The lowest BCUT2D eigenvalue weighted by Crippen LogP contribution is -2.11. The van der Waals surface area contributed by atoms with Crippen molar-refractivity contribution in [3.63, 3.8) is 0 Å². The highest BCUT2D eigenvalue weighted by atomic mass is 32.1. The van der Waals surface area contributed by atoms with E-state index >= 15 is 0 Å². The average molecular weight is 274 g/mol. The predicted octanol–water partition coefficient (Wildman–Crippen LogP) is 3.03. The molecule has 19 heavy (non-hydrogen) atoms. The molecule has 1 aromatic carbocycles. The number of anilines is 2. The molecule has 0 amide bonds. The number of carboxylic acids is 1. The van der Waals surface area contributed by atoms with E-state index in [0.717, 1.165) is 27.8 Å². The number of hydrogen-bond acceptors (Lipinski definition) is 4. The Kier molecular flexibility index (Phi) is 2.98. The largest absolute Gasteiger partial charge is 0.481 e. The summed E-state index contributed by atoms with van der Waals surface area (Å²) in [4.78, 5) is 18.8. The van der Waals surface area contributed by atoms with E-state index in [2.05, 4.69) is 4.98 Å². The van der Waals surface area contributed by atoms with Crippen LogP contribution in [0.2, 0.25) is 0 Å². The standard InChI is InChI=1S/C14H14N2O2S/c1-16(9-5-3-2-4-6-9)14-15-12-10(13(17)18)7-8-11(12)19-14/h2-6,10H,7-8H2,1H3,(H,17,18). The Morgan fingerprint density at radius 2 is 2.16 bits per heavy atom. The summed E-state index contributed by atoms with van der Waals surface area (Å²) in [5, 5.41) is 10.0. The van der Waals surface area contributed by atoms with Crippen molar-refractivity contribution in [2.45, 2.75) is 18.8 Å². The number of aromatic nitrogens is 1. The molecule has 1 aromatic heterocycles. The Balaban J connectivity index is 1.92. The van der Waals surface area contributed by atoms with Gasteiger partial charge in [0.2, 0.25) is 0 Å². The summed E-state index contributed by atoms with van der Waals surface area (Å²) in [6, 6.07) is 9.96. The van der Waals surface area contributed by atoms with Crippen molar-refractivity contribution in [3.8, 4) is 0 Å². The Labute approximate surface area is 115 Å². The van der Waals surface area contributed by atoms with Gasteiger partial charge >= 0.3 is 5.97 Å². The summed E-state index contributed by atoms with van der Waals surface area (Å²) in [6.07, 6.45) is 1.51. The van der Waals surface area contributed by atoms with E-state index in [-0.39, 0.29) is 0 Å². The second kappa shape index (κ2) is 4.66. The van der Waals surface area contributed by atoms with Crippen LogP contribution in [0, 0.1) is 0 Å². The van der Waals surface area contributed by atoms with Gasteiger partial charge in [0, 0.05) is 17.6 Å². The molecule has 3 rings (SSSR count). The normalized spacial score (nSPS) is 17.2. The fraction of sp³-hybridized carbons (Fsp3) is 0.286. The molecule has 1 atom stereocenters. The van der Waals surface area contributed by atoms with Crippen molar-refractivity contribution >= 4 is 28.1 Å². The maximum Gasteiger partial charge on any atom is 0.312 e. The molecular formula is C14H14N2O2S. The van der Waals surface area contributed by atoms with Gasteiger partial charge in [-0.25, -0.2) is 4.98 Å². The van der Waals surface area contributed by atoms with Crippen molar-refractivity contribution in [1.29, 1.82) is 0 Å². The van der Waals surface area contributed by atoms with Crippen LogP contribution in [-0.2, 0) is 11.2 Å². The fourth-order valence-electron chi connectivity index (χ4n) is 2.36. The molecule has 0 bridgehead atoms. The third-order valence-corrected chi connectivity index (χ3v) is 4.64. The van der Waals surface area contributed by atoms with Crippen molar-refractivity contribution in [3.05, 3.63) is 40.9 Å². The number of fused-ring (bicyclic) bond motifs is 1. The number of hydrogen-bond donors (Lipinski definition) is 1. The van der Waals surface area contributed by atoms with E-state index in [9.17, 15) is 9.90 Å². The number of aliphatic carboxylic acids is 1. The molecule has 1 N–H and O–H groups in total. The Morgan fingerprint density at radius 1 is 1.42 bits per heavy atom. The van der Waals surface area contributed by atoms with Gasteiger partial charge in [-0.15, -0.1) is 11.3 Å². The third-order valence-electron chi connectivity index (χ3n) is 3.43. The number of nitrogens with zero attached hydrogens (tertiary/aromatic N) is 2. The van der Waals surface area contributed by atoms with Gasteiger partial charge in [-0.3, -0.25) is 4.79 Å². The number of rotatable bonds is 3. The monoisotopic (exact) mass is 274 g/mol. The predicted molar refractivity (Wildman–Crippen MR) is 75.3 cm³/mol. The van der Waals surface area contributed by atoms with E-state index in [1.165, 1.54) is 0 Å². The molecule has 98 valence electrons. The van der Waals surface area contributed by atoms with Crippen LogP contribution in [0.15, 0.2) is 30.3 Å². The highest BCUT2D eigenvalue weighted by Crippen LogP contribution is 2.40. The summed E-state index contributed by atoms with van der Waals surface area (Å²) in [5.41, 5.74) is 1.82. The second-order valence-corrected chi connectivity index (χ2v) is 5.69. The summed E-state index contributed by atoms with van der Waals surface area (Å²) >= 11 is 1.60. The lowest BCUT2D eigenvalue weighted by molar-refractivity contribution is -0.138. The summed E-state index contributed by atoms with van der Waals surface area (Å²) in [6.45, 7) is 0. The zero-order valence-electron chi connectivity index (χ0n) is 10.5. The molecule has 5 heteroatoms. The van der Waals surface area contributed by atoms with E-state index in [4.69, 9.17) is 0 Å². The molecule has 0 aliphatic heterocycles. The number of para-hydroxylation sites is 1. The summed E-state index contributed by atoms with van der Waals surface area (Å²) < 4.78 is 0. The molecule has 2 aromatic rings. The molecule has 0 fully saturated rings. The van der Waals surface area contributed by atoms with Crippen molar-refractivity contribution in [2.24, 2.45) is 0 Å². The maximum atomic E-state index is 11.2. The number of carboxylic acid groups (broad SMARTS) is 1. The molecule has 1 heterocycles. The van der Waals surface area contributed by atoms with Crippen LogP contribution in [0.5, 0.6) is 0 Å². The highest BCUT2D eigenvalue weighted by Gasteiger charge is 2.32. The van der Waals surface area contributed by atoms with Crippen LogP contribution in [0.25, 0.3) is 0 Å². The highest BCUT2D eigenvalue weighted by molar-refractivity contribution is 7.15. The molecule has 0 radical (unpaired) electrons. The van der Waals surface area contributed by atoms with Crippen molar-refractivity contribution in [2.75, 3.05) is 11.9 Å². The summed E-state index contributed by atoms with van der Waals surface area (Å²) in [5.74, 6) is -1.19. The third kappa shape index (κ3) is 2.10. The topological polar surface area (TPSA) is 53.4 Å². The molecule has 1 aliphatic carbocycles. The van der Waals surface area contributed by atoms with Gasteiger partial charge in [0.1, 0.15) is 5.92 Å². The SMILES string of the molecule is CN(c1ccccc1)c1nc2c(s1)CCC2C(=O)O. The zero-order valence-corrected chi connectivity index (χ0v) is 11.4. The van der Waals surface area contributed by atoms with Crippen LogP contribution in [-0.4, -0.2) is 23.1 Å². The number of thiazole rings is 1. The molecule has 0 saturated carbocycles. The minimum Gasteiger partial charge on any atom is -0.481 e. The van der Waals surface area contributed by atoms with Gasteiger partial charge < -0.3 is 10.0 Å². The Bertz CT molecular complexity index is 609. The Morgan fingerprint density at radius 3 is 2.84 bits per heavy atom. The fourth-order valence-corrected chi connectivity index (χ4v) is 3.48. The first-order valence-corrected chi connectivity index (χ1v) is 6.99. The maximum absolute atomic E-state index is 11.2. The molecular weight excluding hydrogens is 260 g/mol. The molecule has 0 saturated heterocycles. The first-order valence-electron chi connectivity index (χ1n) is 6.18. The van der Waals surface area contributed by atoms with Crippen LogP contribution >= 0.6 is 11.3 Å². The number of benzene rings is 1. The minimum absolute atomic E-state index is 0.427. The van der Waals surface area contributed by atoms with Crippen LogP contribution < -0.4 is 4.90 Å². The first kappa shape index (κ1) is 12.2. The minimum atomic E-state index is -0.766. The van der Waals surface area contributed by atoms with Gasteiger partial charge in [0.15, 0.2) is 5.13 Å². The second-order valence-electron chi connectivity index (χ2n) is 4.63. The van der Waals surface area contributed by atoms with Gasteiger partial charge in [-0.1, -0.05) is 18.2 Å². The van der Waals surface area contributed by atoms with E-state index in [1.54, 1.807) is 11.3 Å². The molecule has 0 spiro atoms. The van der Waals surface area contributed by atoms with Crippen LogP contribution in [0.1, 0.15) is 22.9 Å². The van der Waals surface area contributed by atoms with Crippen molar-refractivity contribution < 1.29 is 9.90 Å². The number of aryl methyl sites for hydroxylation is 1. The van der Waals surface area contributed by atoms with Gasteiger partial charge in [0.25, 0.3) is 0 Å². The lowest BCUT2D eigenvalue weighted by atomic mass is 10.1. The zero-order chi connectivity index (χ0) is 13.4. The Hall–Kier alpha value is -1.88. The van der Waals surface area contributed by atoms with Crippen LogP contribution in [0.4, 0.5) is 10.8 Å². The lowest BCUT2D eigenvalue weighted by Gasteiger charge is -2.15. The summed E-state index contributed by atoms with van der Waals surface area (Å²) in [7, 11) is 1.96. The van der Waals surface area contributed by atoms with E-state index in [1.807, 2.05) is 42.3 Å². The molecule has 1 aliphatic rings. The van der Waals surface area contributed by atoms with Crippen molar-refractivity contribution in [1.82, 2.24) is 4.98 Å². The van der Waals surface area contributed by atoms with Crippen LogP contribution in [0.3, 0.4) is 0 Å². The van der Waals surface area contributed by atoms with E-state index < -0.39 is 11.9 Å². The van der Waals surface area contributed by atoms with Gasteiger partial charge in [-0.2, -0.15) is 0 Å². The quantitative estimate of drug-likeness (QED) is 0.934. The number of carbonyl (C=O) groups is 1. The molecule has 1 unspecified atom stereocenters.